The molecule has 1 saturated heterocycles. The smallest absolute Gasteiger partial charge is 0.338 e. The summed E-state index contributed by atoms with van der Waals surface area (Å²) in [4.78, 5) is 29.6. The zero-order valence-corrected chi connectivity index (χ0v) is 13.8. The first-order valence-corrected chi connectivity index (χ1v) is 8.14. The Labute approximate surface area is 145 Å². The topological polar surface area (TPSA) is 59.5 Å². The molecule has 1 aliphatic heterocycles. The van der Waals surface area contributed by atoms with Crippen LogP contribution in [-0.2, 0) is 22.7 Å². The molecule has 2 aromatic rings. The fourth-order valence-corrected chi connectivity index (χ4v) is 2.72. The summed E-state index contributed by atoms with van der Waals surface area (Å²) in [6.45, 7) is 1.44. The van der Waals surface area contributed by atoms with E-state index in [4.69, 9.17) is 16.3 Å². The number of nitrogens with zero attached hydrogens (tertiary/aromatic N) is 2. The Kier molecular flexibility index (Phi) is 5.11. The van der Waals surface area contributed by atoms with E-state index in [0.717, 1.165) is 24.1 Å². The van der Waals surface area contributed by atoms with Crippen LogP contribution >= 0.6 is 11.6 Å². The van der Waals surface area contributed by atoms with Gasteiger partial charge in [-0.1, -0.05) is 29.8 Å². The Balaban J connectivity index is 1.61. The third-order valence-corrected chi connectivity index (χ3v) is 4.09. The number of likely N-dealkylation sites (tertiary alicyclic amines) is 1. The van der Waals surface area contributed by atoms with Crippen molar-refractivity contribution in [3.05, 3.63) is 64.4 Å². The lowest BCUT2D eigenvalue weighted by Gasteiger charge is -2.15. The van der Waals surface area contributed by atoms with Gasteiger partial charge in [0.25, 0.3) is 0 Å². The van der Waals surface area contributed by atoms with Crippen molar-refractivity contribution in [1.82, 2.24) is 9.88 Å². The molecule has 0 atom stereocenters. The first-order chi connectivity index (χ1) is 11.6. The third-order valence-electron chi connectivity index (χ3n) is 3.87. The molecule has 5 nitrogen and oxygen atoms in total. The number of benzene rings is 1. The molecule has 124 valence electrons. The second kappa shape index (κ2) is 7.45. The number of carbonyl (C=O) groups is 2. The molecule has 2 heterocycles. The Hall–Kier alpha value is -2.40. The summed E-state index contributed by atoms with van der Waals surface area (Å²) in [7, 11) is 0. The molecule has 0 saturated carbocycles. The number of halogens is 1. The molecule has 6 heteroatoms. The maximum Gasteiger partial charge on any atom is 0.338 e. The Morgan fingerprint density at radius 1 is 1.25 bits per heavy atom. The van der Waals surface area contributed by atoms with Crippen LogP contribution in [0.3, 0.4) is 0 Å². The molecule has 0 radical (unpaired) electrons. The number of pyridine rings is 1. The number of hydrogen-bond donors (Lipinski definition) is 0. The van der Waals surface area contributed by atoms with Gasteiger partial charge in [0.2, 0.25) is 5.91 Å². The largest absolute Gasteiger partial charge is 0.457 e. The summed E-state index contributed by atoms with van der Waals surface area (Å²) >= 11 is 5.72. The molecule has 0 aliphatic carbocycles. The van der Waals surface area contributed by atoms with Crippen molar-refractivity contribution in [2.24, 2.45) is 0 Å². The minimum Gasteiger partial charge on any atom is -0.457 e. The molecule has 1 fully saturated rings. The number of aromatic nitrogens is 1. The van der Waals surface area contributed by atoms with E-state index in [1.165, 1.54) is 0 Å². The highest BCUT2D eigenvalue weighted by Gasteiger charge is 2.20. The lowest BCUT2D eigenvalue weighted by molar-refractivity contribution is -0.128. The summed E-state index contributed by atoms with van der Waals surface area (Å²) in [6.07, 6.45) is 3.08. The van der Waals surface area contributed by atoms with Gasteiger partial charge in [-0.15, -0.1) is 0 Å². The van der Waals surface area contributed by atoms with Gasteiger partial charge in [0.15, 0.2) is 0 Å². The monoisotopic (exact) mass is 344 g/mol. The number of carbonyl (C=O) groups excluding carboxylic acids is 2. The number of ether oxygens (including phenoxy) is 1. The fourth-order valence-electron chi connectivity index (χ4n) is 2.61. The van der Waals surface area contributed by atoms with Crippen LogP contribution in [0.1, 0.15) is 34.3 Å². The second-order valence-corrected chi connectivity index (χ2v) is 6.07. The van der Waals surface area contributed by atoms with E-state index in [-0.39, 0.29) is 12.5 Å². The van der Waals surface area contributed by atoms with E-state index in [2.05, 4.69) is 4.98 Å². The van der Waals surface area contributed by atoms with Crippen molar-refractivity contribution in [1.29, 1.82) is 0 Å². The van der Waals surface area contributed by atoms with Gasteiger partial charge in [-0.2, -0.15) is 0 Å². The van der Waals surface area contributed by atoms with Gasteiger partial charge in [0, 0.05) is 31.3 Å². The van der Waals surface area contributed by atoms with Crippen molar-refractivity contribution < 1.29 is 14.3 Å². The zero-order chi connectivity index (χ0) is 16.9. The number of amides is 1. The molecule has 1 amide bonds. The van der Waals surface area contributed by atoms with Crippen LogP contribution in [0, 0.1) is 0 Å². The Bertz CT molecular complexity index is 746. The van der Waals surface area contributed by atoms with Crippen LogP contribution in [0.15, 0.2) is 42.6 Å². The Morgan fingerprint density at radius 2 is 2.12 bits per heavy atom. The highest BCUT2D eigenvalue weighted by molar-refractivity contribution is 6.29. The predicted octanol–water partition coefficient (Wildman–Crippen LogP) is 3.21. The van der Waals surface area contributed by atoms with E-state index in [0.29, 0.717) is 23.7 Å². The van der Waals surface area contributed by atoms with Crippen LogP contribution in [0.2, 0.25) is 5.15 Å². The highest BCUT2D eigenvalue weighted by atomic mass is 35.5. The van der Waals surface area contributed by atoms with Crippen LogP contribution in [0.4, 0.5) is 0 Å². The molecule has 0 spiro atoms. The fraction of sp³-hybridized carbons (Fsp3) is 0.278. The minimum absolute atomic E-state index is 0.137. The average Bonchev–Trinajstić information content (AvgIpc) is 2.99. The molecule has 0 unspecified atom stereocenters. The normalized spacial score (nSPS) is 14.0. The summed E-state index contributed by atoms with van der Waals surface area (Å²) in [6, 6.07) is 10.6. The molecular weight excluding hydrogens is 328 g/mol. The molecule has 1 aliphatic rings. The van der Waals surface area contributed by atoms with Crippen molar-refractivity contribution in [3.8, 4) is 0 Å². The van der Waals surface area contributed by atoms with Crippen molar-refractivity contribution in [2.75, 3.05) is 6.54 Å². The van der Waals surface area contributed by atoms with E-state index in [9.17, 15) is 9.59 Å². The SMILES string of the molecule is O=C(OCc1ccc(Cl)nc1)c1cccc(CN2CCCC2=O)c1. The van der Waals surface area contributed by atoms with Crippen molar-refractivity contribution >= 4 is 23.5 Å². The van der Waals surface area contributed by atoms with Gasteiger partial charge in [-0.25, -0.2) is 9.78 Å². The minimum atomic E-state index is -0.403. The standard InChI is InChI=1S/C18H17ClN2O3/c19-16-7-6-14(10-20-16)12-24-18(23)15-4-1-3-13(9-15)11-21-8-2-5-17(21)22/h1,3-4,6-7,9-10H,2,5,8,11-12H2. The first-order valence-electron chi connectivity index (χ1n) is 7.76. The highest BCUT2D eigenvalue weighted by Crippen LogP contribution is 2.16. The maximum atomic E-state index is 12.2. The van der Waals surface area contributed by atoms with Crippen LogP contribution in [0.25, 0.3) is 0 Å². The Morgan fingerprint density at radius 3 is 2.83 bits per heavy atom. The van der Waals surface area contributed by atoms with Gasteiger partial charge >= 0.3 is 5.97 Å². The summed E-state index contributed by atoms with van der Waals surface area (Å²) in [5, 5.41) is 0.397. The molecular formula is C18H17ClN2O3. The molecule has 24 heavy (non-hydrogen) atoms. The lowest BCUT2D eigenvalue weighted by atomic mass is 10.1. The second-order valence-electron chi connectivity index (χ2n) is 5.68. The molecule has 0 bridgehead atoms. The zero-order valence-electron chi connectivity index (χ0n) is 13.1. The number of hydrogen-bond acceptors (Lipinski definition) is 4. The van der Waals surface area contributed by atoms with E-state index < -0.39 is 5.97 Å². The molecule has 1 aromatic carbocycles. The first kappa shape index (κ1) is 16.5. The maximum absolute atomic E-state index is 12.2. The van der Waals surface area contributed by atoms with Gasteiger partial charge < -0.3 is 9.64 Å². The molecule has 1 aromatic heterocycles. The van der Waals surface area contributed by atoms with Crippen LogP contribution in [0.5, 0.6) is 0 Å². The number of esters is 1. The van der Waals surface area contributed by atoms with Crippen molar-refractivity contribution in [2.45, 2.75) is 26.0 Å². The van der Waals surface area contributed by atoms with E-state index in [1.54, 1.807) is 36.5 Å². The predicted molar refractivity (Wildman–Crippen MR) is 89.5 cm³/mol. The summed E-state index contributed by atoms with van der Waals surface area (Å²) < 4.78 is 5.30. The summed E-state index contributed by atoms with van der Waals surface area (Å²) in [5.74, 6) is -0.238. The third kappa shape index (κ3) is 4.11. The van der Waals surface area contributed by atoms with Gasteiger partial charge in [0.1, 0.15) is 11.8 Å². The van der Waals surface area contributed by atoms with E-state index >= 15 is 0 Å². The lowest BCUT2D eigenvalue weighted by Crippen LogP contribution is -2.23. The van der Waals surface area contributed by atoms with Gasteiger partial charge in [0.05, 0.1) is 5.56 Å². The molecule has 3 rings (SSSR count). The van der Waals surface area contributed by atoms with Crippen molar-refractivity contribution in [3.63, 3.8) is 0 Å². The van der Waals surface area contributed by atoms with E-state index in [1.807, 2.05) is 11.0 Å². The number of rotatable bonds is 5. The molecule has 0 N–H and O–H groups in total. The van der Waals surface area contributed by atoms with Gasteiger partial charge in [-0.05, 0) is 30.2 Å². The summed E-state index contributed by atoms with van der Waals surface area (Å²) in [5.41, 5.74) is 2.17. The van der Waals surface area contributed by atoms with Crippen LogP contribution in [-0.4, -0.2) is 28.3 Å². The average molecular weight is 345 g/mol. The van der Waals surface area contributed by atoms with Gasteiger partial charge in [-0.3, -0.25) is 4.79 Å². The van der Waals surface area contributed by atoms with Crippen LogP contribution < -0.4 is 0 Å². The quantitative estimate of drug-likeness (QED) is 0.617.